The van der Waals surface area contributed by atoms with Crippen LogP contribution in [0.4, 0.5) is 0 Å². The van der Waals surface area contributed by atoms with Crippen LogP contribution in [0.1, 0.15) is 28.9 Å². The third-order valence-electron chi connectivity index (χ3n) is 3.23. The van der Waals surface area contributed by atoms with Crippen molar-refractivity contribution in [2.75, 3.05) is 0 Å². The second-order valence-corrected chi connectivity index (χ2v) is 5.72. The fourth-order valence-electron chi connectivity index (χ4n) is 2.36. The van der Waals surface area contributed by atoms with Gasteiger partial charge >= 0.3 is 0 Å². The average molecular weight is 267 g/mol. The summed E-state index contributed by atoms with van der Waals surface area (Å²) in [7, 11) is 0. The predicted molar refractivity (Wildman–Crippen MR) is 74.1 cm³/mol. The molecule has 3 nitrogen and oxygen atoms in total. The zero-order valence-corrected chi connectivity index (χ0v) is 11.5. The third kappa shape index (κ3) is 2.61. The van der Waals surface area contributed by atoms with Crippen LogP contribution in [0, 0.1) is 18.3 Å². The van der Waals surface area contributed by atoms with E-state index in [0.717, 1.165) is 10.6 Å². The van der Waals surface area contributed by atoms with Gasteiger partial charge in [0.2, 0.25) is 0 Å². The molecule has 0 unspecified atom stereocenters. The van der Waals surface area contributed by atoms with Crippen molar-refractivity contribution < 1.29 is 0 Å². The molecule has 1 aliphatic rings. The van der Waals surface area contributed by atoms with Gasteiger partial charge in [-0.25, -0.2) is 9.97 Å². The number of rotatable bonds is 2. The van der Waals surface area contributed by atoms with E-state index < -0.39 is 0 Å². The summed E-state index contributed by atoms with van der Waals surface area (Å²) in [6, 6.07) is 10.3. The van der Waals surface area contributed by atoms with Gasteiger partial charge in [0.15, 0.2) is 5.16 Å². The number of hydrogen-bond donors (Lipinski definition) is 0. The van der Waals surface area contributed by atoms with E-state index in [9.17, 15) is 0 Å². The molecule has 0 saturated heterocycles. The molecular formula is C15H13N3S. The Hall–Kier alpha value is -1.86. The lowest BCUT2D eigenvalue weighted by atomic mass is 10.1. The quantitative estimate of drug-likeness (QED) is 0.783. The third-order valence-corrected chi connectivity index (χ3v) is 4.08. The van der Waals surface area contributed by atoms with Crippen LogP contribution >= 0.6 is 11.8 Å². The Morgan fingerprint density at radius 3 is 2.84 bits per heavy atom. The molecule has 0 radical (unpaired) electrons. The van der Waals surface area contributed by atoms with Crippen LogP contribution in [0.25, 0.3) is 0 Å². The number of nitrogens with zero attached hydrogens (tertiary/aromatic N) is 3. The van der Waals surface area contributed by atoms with Crippen LogP contribution < -0.4 is 0 Å². The first-order valence-electron chi connectivity index (χ1n) is 6.30. The zero-order chi connectivity index (χ0) is 13.2. The van der Waals surface area contributed by atoms with E-state index in [1.54, 1.807) is 6.07 Å². The fourth-order valence-corrected chi connectivity index (χ4v) is 3.24. The van der Waals surface area contributed by atoms with Crippen molar-refractivity contribution in [3.05, 3.63) is 46.8 Å². The molecule has 0 amide bonds. The Kier molecular flexibility index (Phi) is 3.22. The van der Waals surface area contributed by atoms with E-state index in [1.807, 2.05) is 6.92 Å². The van der Waals surface area contributed by atoms with Crippen LogP contribution in [-0.2, 0) is 12.8 Å². The maximum absolute atomic E-state index is 8.93. The summed E-state index contributed by atoms with van der Waals surface area (Å²) in [5.41, 5.74) is 4.16. The van der Waals surface area contributed by atoms with E-state index in [2.05, 4.69) is 34.2 Å². The molecule has 19 heavy (non-hydrogen) atoms. The largest absolute Gasteiger partial charge is 0.228 e. The Morgan fingerprint density at radius 1 is 1.16 bits per heavy atom. The summed E-state index contributed by atoms with van der Waals surface area (Å²) in [6.45, 7) is 1.88. The smallest absolute Gasteiger partial charge is 0.193 e. The van der Waals surface area contributed by atoms with Crippen molar-refractivity contribution in [1.29, 1.82) is 5.26 Å². The maximum atomic E-state index is 8.93. The topological polar surface area (TPSA) is 49.6 Å². The summed E-state index contributed by atoms with van der Waals surface area (Å²) in [5, 5.41) is 9.58. The molecule has 0 saturated carbocycles. The van der Waals surface area contributed by atoms with Gasteiger partial charge in [0.05, 0.1) is 0 Å². The highest BCUT2D eigenvalue weighted by atomic mass is 32.2. The van der Waals surface area contributed by atoms with Crippen LogP contribution in [0.2, 0.25) is 0 Å². The molecule has 1 aliphatic carbocycles. The molecule has 94 valence electrons. The summed E-state index contributed by atoms with van der Waals surface area (Å²) >= 11 is 1.52. The van der Waals surface area contributed by atoms with Gasteiger partial charge in [-0.15, -0.1) is 0 Å². The van der Waals surface area contributed by atoms with Gasteiger partial charge in [-0.1, -0.05) is 6.07 Å². The molecule has 1 aromatic carbocycles. The standard InChI is InChI=1S/C15H13N3S/c1-10-7-13(9-16)18-15(17-10)19-14-6-5-11-3-2-4-12(11)8-14/h5-8H,2-4H2,1H3. The minimum absolute atomic E-state index is 0.427. The van der Waals surface area contributed by atoms with Crippen LogP contribution in [-0.4, -0.2) is 9.97 Å². The number of aryl methyl sites for hydroxylation is 3. The van der Waals surface area contributed by atoms with Crippen LogP contribution in [0.3, 0.4) is 0 Å². The SMILES string of the molecule is Cc1cc(C#N)nc(Sc2ccc3c(c2)CCC3)n1. The lowest BCUT2D eigenvalue weighted by Crippen LogP contribution is -1.93. The lowest BCUT2D eigenvalue weighted by molar-refractivity contribution is 0.911. The van der Waals surface area contributed by atoms with Gasteiger partial charge in [0, 0.05) is 10.6 Å². The van der Waals surface area contributed by atoms with Crippen molar-refractivity contribution in [2.24, 2.45) is 0 Å². The number of nitriles is 1. The lowest BCUT2D eigenvalue weighted by Gasteiger charge is -2.04. The van der Waals surface area contributed by atoms with E-state index in [0.29, 0.717) is 10.9 Å². The highest BCUT2D eigenvalue weighted by molar-refractivity contribution is 7.99. The molecule has 1 aromatic heterocycles. The van der Waals surface area contributed by atoms with Crippen molar-refractivity contribution in [3.63, 3.8) is 0 Å². The average Bonchev–Trinajstić information content (AvgIpc) is 2.85. The summed E-state index contributed by atoms with van der Waals surface area (Å²) in [5.74, 6) is 0. The van der Waals surface area contributed by atoms with E-state index in [-0.39, 0.29) is 0 Å². The highest BCUT2D eigenvalue weighted by Gasteiger charge is 2.12. The summed E-state index contributed by atoms with van der Waals surface area (Å²) < 4.78 is 0. The highest BCUT2D eigenvalue weighted by Crippen LogP contribution is 2.30. The second-order valence-electron chi connectivity index (χ2n) is 4.68. The molecule has 0 spiro atoms. The first-order chi connectivity index (χ1) is 9.24. The number of fused-ring (bicyclic) bond motifs is 1. The van der Waals surface area contributed by atoms with Crippen LogP contribution in [0.15, 0.2) is 34.3 Å². The van der Waals surface area contributed by atoms with E-state index >= 15 is 0 Å². The Bertz CT molecular complexity index is 674. The van der Waals surface area contributed by atoms with Crippen molar-refractivity contribution in [1.82, 2.24) is 9.97 Å². The molecule has 0 aliphatic heterocycles. The van der Waals surface area contributed by atoms with Crippen molar-refractivity contribution in [3.8, 4) is 6.07 Å². The van der Waals surface area contributed by atoms with Gasteiger partial charge in [-0.05, 0) is 67.3 Å². The zero-order valence-electron chi connectivity index (χ0n) is 10.7. The first-order valence-corrected chi connectivity index (χ1v) is 7.12. The Balaban J connectivity index is 1.89. The molecule has 0 fully saturated rings. The second kappa shape index (κ2) is 5.02. The van der Waals surface area contributed by atoms with Gasteiger partial charge in [-0.2, -0.15) is 5.26 Å². The normalized spacial score (nSPS) is 13.1. The number of aromatic nitrogens is 2. The monoisotopic (exact) mass is 267 g/mol. The van der Waals surface area contributed by atoms with Gasteiger partial charge in [0.25, 0.3) is 0 Å². The molecule has 0 atom stereocenters. The van der Waals surface area contributed by atoms with Crippen molar-refractivity contribution in [2.45, 2.75) is 36.2 Å². The molecule has 4 heteroatoms. The maximum Gasteiger partial charge on any atom is 0.193 e. The van der Waals surface area contributed by atoms with E-state index in [1.165, 1.54) is 42.2 Å². The summed E-state index contributed by atoms with van der Waals surface area (Å²) in [6.07, 6.45) is 3.62. The number of benzene rings is 1. The molecule has 0 N–H and O–H groups in total. The molecular weight excluding hydrogens is 254 g/mol. The molecule has 2 aromatic rings. The van der Waals surface area contributed by atoms with Gasteiger partial charge < -0.3 is 0 Å². The molecule has 3 rings (SSSR count). The fraction of sp³-hybridized carbons (Fsp3) is 0.267. The van der Waals surface area contributed by atoms with Gasteiger partial charge in [-0.3, -0.25) is 0 Å². The summed E-state index contributed by atoms with van der Waals surface area (Å²) in [4.78, 5) is 9.75. The molecule has 0 bridgehead atoms. The van der Waals surface area contributed by atoms with Crippen LogP contribution in [0.5, 0.6) is 0 Å². The first kappa shape index (κ1) is 12.2. The minimum Gasteiger partial charge on any atom is -0.228 e. The number of hydrogen-bond acceptors (Lipinski definition) is 4. The Labute approximate surface area is 116 Å². The minimum atomic E-state index is 0.427. The molecule has 1 heterocycles. The van der Waals surface area contributed by atoms with Crippen molar-refractivity contribution >= 4 is 11.8 Å². The van der Waals surface area contributed by atoms with Gasteiger partial charge in [0.1, 0.15) is 11.8 Å². The predicted octanol–water partition coefficient (Wildman–Crippen LogP) is 3.30. The van der Waals surface area contributed by atoms with E-state index in [4.69, 9.17) is 5.26 Å². The Morgan fingerprint density at radius 2 is 2.00 bits per heavy atom.